The molecular weight excluding hydrogens is 290 g/mol. The number of nitrogens with one attached hydrogen (secondary N) is 1. The molecule has 1 saturated heterocycles. The second kappa shape index (κ2) is 5.51. The third-order valence-electron chi connectivity index (χ3n) is 2.96. The largest absolute Gasteiger partial charge is 0.478 e. The first-order valence-electron chi connectivity index (χ1n) is 6.47. The molecule has 2 rings (SSSR count). The molecule has 0 bridgehead atoms. The minimum Gasteiger partial charge on any atom is -0.478 e. The number of anilines is 1. The van der Waals surface area contributed by atoms with Crippen LogP contribution in [0.3, 0.4) is 0 Å². The van der Waals surface area contributed by atoms with Crippen molar-refractivity contribution in [1.82, 2.24) is 0 Å². The van der Waals surface area contributed by atoms with E-state index in [-0.39, 0.29) is 11.1 Å². The lowest BCUT2D eigenvalue weighted by Gasteiger charge is -2.29. The summed E-state index contributed by atoms with van der Waals surface area (Å²) in [7, 11) is 0. The molecule has 1 aromatic rings. The van der Waals surface area contributed by atoms with E-state index in [1.807, 2.05) is 0 Å². The zero-order chi connectivity index (χ0) is 16.5. The van der Waals surface area contributed by atoms with Crippen LogP contribution in [0.5, 0.6) is 0 Å². The monoisotopic (exact) mass is 305 g/mol. The smallest absolute Gasteiger partial charge is 0.350 e. The molecule has 1 aliphatic heterocycles. The summed E-state index contributed by atoms with van der Waals surface area (Å²) < 4.78 is 9.92. The first kappa shape index (κ1) is 15.6. The van der Waals surface area contributed by atoms with E-state index in [0.29, 0.717) is 11.3 Å². The number of carbonyl (C=O) groups is 3. The van der Waals surface area contributed by atoms with Crippen LogP contribution in [0.1, 0.15) is 29.8 Å². The number of carboxylic acids is 1. The van der Waals surface area contributed by atoms with Gasteiger partial charge in [0.15, 0.2) is 5.57 Å². The lowest BCUT2D eigenvalue weighted by Crippen LogP contribution is -2.42. The maximum Gasteiger partial charge on any atom is 0.350 e. The Morgan fingerprint density at radius 2 is 1.82 bits per heavy atom. The van der Waals surface area contributed by atoms with Gasteiger partial charge in [0.25, 0.3) is 5.79 Å². The fourth-order valence-corrected chi connectivity index (χ4v) is 1.89. The molecule has 7 heteroatoms. The van der Waals surface area contributed by atoms with Crippen LogP contribution in [0.15, 0.2) is 30.0 Å². The first-order valence-corrected chi connectivity index (χ1v) is 6.47. The number of aryl methyl sites for hydroxylation is 1. The molecule has 0 atom stereocenters. The number of ether oxygens (including phenoxy) is 2. The lowest BCUT2D eigenvalue weighted by atomic mass is 10.1. The van der Waals surface area contributed by atoms with Gasteiger partial charge in [0.05, 0.1) is 5.56 Å². The molecule has 0 saturated carbocycles. The minimum atomic E-state index is -1.29. The van der Waals surface area contributed by atoms with E-state index in [1.165, 1.54) is 32.2 Å². The summed E-state index contributed by atoms with van der Waals surface area (Å²) in [6.07, 6.45) is 1.18. The molecule has 0 radical (unpaired) electrons. The van der Waals surface area contributed by atoms with Gasteiger partial charge in [-0.2, -0.15) is 0 Å². The van der Waals surface area contributed by atoms with Crippen molar-refractivity contribution in [3.63, 3.8) is 0 Å². The number of cyclic esters (lactones) is 2. The number of benzene rings is 1. The molecule has 1 heterocycles. The number of rotatable bonds is 3. The molecule has 116 valence electrons. The van der Waals surface area contributed by atoms with Crippen LogP contribution in [0.2, 0.25) is 0 Å². The average molecular weight is 305 g/mol. The summed E-state index contributed by atoms with van der Waals surface area (Å²) >= 11 is 0. The molecular formula is C15H15NO6. The van der Waals surface area contributed by atoms with E-state index in [2.05, 4.69) is 5.32 Å². The van der Waals surface area contributed by atoms with E-state index in [4.69, 9.17) is 14.6 Å². The number of aromatic carboxylic acids is 1. The van der Waals surface area contributed by atoms with Crippen molar-refractivity contribution in [2.24, 2.45) is 0 Å². The van der Waals surface area contributed by atoms with Crippen LogP contribution in [-0.2, 0) is 19.1 Å². The predicted octanol–water partition coefficient (Wildman–Crippen LogP) is 1.83. The van der Waals surface area contributed by atoms with Crippen molar-refractivity contribution < 1.29 is 29.0 Å². The molecule has 0 aliphatic carbocycles. The third-order valence-corrected chi connectivity index (χ3v) is 2.96. The molecule has 0 amide bonds. The van der Waals surface area contributed by atoms with Gasteiger partial charge in [-0.1, -0.05) is 0 Å². The molecule has 0 unspecified atom stereocenters. The fraction of sp³-hybridized carbons (Fsp3) is 0.267. The number of esters is 2. The van der Waals surface area contributed by atoms with Gasteiger partial charge in [0, 0.05) is 25.7 Å². The van der Waals surface area contributed by atoms with Crippen LogP contribution in [0.4, 0.5) is 5.69 Å². The van der Waals surface area contributed by atoms with Crippen molar-refractivity contribution in [1.29, 1.82) is 0 Å². The normalized spacial score (nSPS) is 16.6. The summed E-state index contributed by atoms with van der Waals surface area (Å²) in [6, 6.07) is 4.43. The van der Waals surface area contributed by atoms with Gasteiger partial charge in [-0.3, -0.25) is 0 Å². The Morgan fingerprint density at radius 3 is 2.32 bits per heavy atom. The average Bonchev–Trinajstić information content (AvgIpc) is 2.37. The molecule has 7 nitrogen and oxygen atoms in total. The topological polar surface area (TPSA) is 102 Å². The van der Waals surface area contributed by atoms with Crippen molar-refractivity contribution in [2.75, 3.05) is 5.32 Å². The summed E-state index contributed by atoms with van der Waals surface area (Å²) in [5.41, 5.74) is 1.09. The Labute approximate surface area is 126 Å². The summed E-state index contributed by atoms with van der Waals surface area (Å²) in [5.74, 6) is -3.89. The van der Waals surface area contributed by atoms with E-state index in [1.54, 1.807) is 13.0 Å². The Hall–Kier alpha value is -2.83. The maximum absolute atomic E-state index is 11.8. The summed E-state index contributed by atoms with van der Waals surface area (Å²) in [6.45, 7) is 4.62. The van der Waals surface area contributed by atoms with E-state index < -0.39 is 23.7 Å². The molecule has 1 aliphatic rings. The quantitative estimate of drug-likeness (QED) is 0.499. The SMILES string of the molecule is Cc1cc(C(=O)O)ccc1NC=C1C(=O)OC(C)(C)OC1=O. The van der Waals surface area contributed by atoms with E-state index in [0.717, 1.165) is 0 Å². The number of carbonyl (C=O) groups excluding carboxylic acids is 2. The van der Waals surface area contributed by atoms with Gasteiger partial charge in [0.1, 0.15) is 0 Å². The van der Waals surface area contributed by atoms with Gasteiger partial charge in [0.2, 0.25) is 0 Å². The number of hydrogen-bond acceptors (Lipinski definition) is 6. The maximum atomic E-state index is 11.8. The Bertz CT molecular complexity index is 667. The highest BCUT2D eigenvalue weighted by Crippen LogP contribution is 2.23. The Morgan fingerprint density at radius 1 is 1.23 bits per heavy atom. The van der Waals surface area contributed by atoms with Crippen molar-refractivity contribution in [3.8, 4) is 0 Å². The molecule has 0 spiro atoms. The lowest BCUT2D eigenvalue weighted by molar-refractivity contribution is -0.222. The van der Waals surface area contributed by atoms with Crippen LogP contribution >= 0.6 is 0 Å². The van der Waals surface area contributed by atoms with Gasteiger partial charge < -0.3 is 19.9 Å². The van der Waals surface area contributed by atoms with Gasteiger partial charge in [-0.05, 0) is 30.7 Å². The molecule has 1 fully saturated rings. The van der Waals surface area contributed by atoms with E-state index >= 15 is 0 Å². The highest BCUT2D eigenvalue weighted by molar-refractivity contribution is 6.15. The predicted molar refractivity (Wildman–Crippen MR) is 76.1 cm³/mol. The summed E-state index contributed by atoms with van der Waals surface area (Å²) in [5, 5.41) is 11.7. The van der Waals surface area contributed by atoms with Crippen molar-refractivity contribution in [3.05, 3.63) is 41.1 Å². The number of carboxylic acid groups (broad SMARTS) is 1. The number of hydrogen-bond donors (Lipinski definition) is 2. The van der Waals surface area contributed by atoms with Gasteiger partial charge in [-0.15, -0.1) is 0 Å². The highest BCUT2D eigenvalue weighted by atomic mass is 16.7. The van der Waals surface area contributed by atoms with Crippen LogP contribution in [-0.4, -0.2) is 28.8 Å². The van der Waals surface area contributed by atoms with Crippen LogP contribution in [0.25, 0.3) is 0 Å². The third kappa shape index (κ3) is 3.25. The highest BCUT2D eigenvalue weighted by Gasteiger charge is 2.38. The fourth-order valence-electron chi connectivity index (χ4n) is 1.89. The standard InChI is InChI=1S/C15H15NO6/c1-8-6-9(12(17)18)4-5-11(8)16-7-10-13(19)21-15(2,3)22-14(10)20/h4-7,16H,1-3H3,(H,17,18). The van der Waals surface area contributed by atoms with Crippen molar-refractivity contribution in [2.45, 2.75) is 26.6 Å². The van der Waals surface area contributed by atoms with Gasteiger partial charge >= 0.3 is 17.9 Å². The van der Waals surface area contributed by atoms with Crippen LogP contribution < -0.4 is 5.32 Å². The van der Waals surface area contributed by atoms with E-state index in [9.17, 15) is 14.4 Å². The molecule has 0 aromatic heterocycles. The first-order chi connectivity index (χ1) is 10.2. The molecule has 2 N–H and O–H groups in total. The van der Waals surface area contributed by atoms with Crippen LogP contribution in [0, 0.1) is 6.92 Å². The second-order valence-electron chi connectivity index (χ2n) is 5.22. The molecule has 1 aromatic carbocycles. The molecule has 22 heavy (non-hydrogen) atoms. The van der Waals surface area contributed by atoms with Crippen molar-refractivity contribution >= 4 is 23.6 Å². The zero-order valence-corrected chi connectivity index (χ0v) is 12.3. The Balaban J connectivity index is 2.20. The zero-order valence-electron chi connectivity index (χ0n) is 12.3. The van der Waals surface area contributed by atoms with Gasteiger partial charge in [-0.25, -0.2) is 14.4 Å². The second-order valence-corrected chi connectivity index (χ2v) is 5.22. The minimum absolute atomic E-state index is 0.147. The Kier molecular flexibility index (Phi) is 3.90. The summed E-state index contributed by atoms with van der Waals surface area (Å²) in [4.78, 5) is 34.4.